The summed E-state index contributed by atoms with van der Waals surface area (Å²) in [5, 5.41) is 0.678. The van der Waals surface area contributed by atoms with Crippen LogP contribution in [-0.2, 0) is 14.3 Å². The molecule has 0 aliphatic carbocycles. The third kappa shape index (κ3) is 5.44. The van der Waals surface area contributed by atoms with E-state index < -0.39 is 0 Å². The second kappa shape index (κ2) is 8.93. The molecule has 4 nitrogen and oxygen atoms in total. The number of hydrogen-bond donors (Lipinski definition) is 0. The quantitative estimate of drug-likeness (QED) is 0.571. The number of nitrogens with zero attached hydrogens (tertiary/aromatic N) is 1. The first kappa shape index (κ1) is 17.0. The number of methoxy groups -OCH3 is 1. The zero-order chi connectivity index (χ0) is 15.8. The lowest BCUT2D eigenvalue weighted by Gasteiger charge is -2.23. The summed E-state index contributed by atoms with van der Waals surface area (Å²) in [5.74, 6) is -0.312. The zero-order valence-corrected chi connectivity index (χ0v) is 13.6. The fourth-order valence-corrected chi connectivity index (χ4v) is 2.68. The zero-order valence-electron chi connectivity index (χ0n) is 12.8. The minimum absolute atomic E-state index is 0.308. The van der Waals surface area contributed by atoms with Crippen LogP contribution >= 0.6 is 11.6 Å². The van der Waals surface area contributed by atoms with Crippen molar-refractivity contribution in [1.82, 2.24) is 4.90 Å². The van der Waals surface area contributed by atoms with Gasteiger partial charge in [0, 0.05) is 30.8 Å². The fourth-order valence-electron chi connectivity index (χ4n) is 2.55. The van der Waals surface area contributed by atoms with Gasteiger partial charge in [0.25, 0.3) is 0 Å². The molecule has 0 radical (unpaired) electrons. The van der Waals surface area contributed by atoms with Gasteiger partial charge in [-0.3, -0.25) is 4.90 Å². The van der Waals surface area contributed by atoms with Gasteiger partial charge in [-0.2, -0.15) is 0 Å². The van der Waals surface area contributed by atoms with Crippen molar-refractivity contribution < 1.29 is 14.3 Å². The topological polar surface area (TPSA) is 38.8 Å². The van der Waals surface area contributed by atoms with Crippen molar-refractivity contribution in [2.24, 2.45) is 0 Å². The highest BCUT2D eigenvalue weighted by molar-refractivity contribution is 6.30. The van der Waals surface area contributed by atoms with Crippen LogP contribution in [0.4, 0.5) is 0 Å². The number of hydrogen-bond acceptors (Lipinski definition) is 4. The van der Waals surface area contributed by atoms with Gasteiger partial charge in [0.1, 0.15) is 6.61 Å². The fraction of sp³-hybridized carbons (Fsp3) is 0.471. The van der Waals surface area contributed by atoms with Crippen molar-refractivity contribution >= 4 is 23.6 Å². The molecule has 0 bridgehead atoms. The van der Waals surface area contributed by atoms with Crippen LogP contribution in [0.5, 0.6) is 0 Å². The molecule has 2 rings (SSSR count). The number of halogens is 1. The van der Waals surface area contributed by atoms with Gasteiger partial charge < -0.3 is 9.47 Å². The lowest BCUT2D eigenvalue weighted by molar-refractivity contribution is -0.139. The highest BCUT2D eigenvalue weighted by Crippen LogP contribution is 2.17. The van der Waals surface area contributed by atoms with Crippen LogP contribution < -0.4 is 0 Å². The number of carbonyl (C=O) groups excluding carboxylic acids is 1. The summed E-state index contributed by atoms with van der Waals surface area (Å²) in [4.78, 5) is 14.1. The second-order valence-electron chi connectivity index (χ2n) is 5.34. The van der Waals surface area contributed by atoms with Crippen LogP contribution in [0.2, 0.25) is 5.02 Å². The van der Waals surface area contributed by atoms with Crippen molar-refractivity contribution in [1.29, 1.82) is 0 Å². The predicted octanol–water partition coefficient (Wildman–Crippen LogP) is 3.01. The van der Waals surface area contributed by atoms with E-state index in [-0.39, 0.29) is 5.97 Å². The van der Waals surface area contributed by atoms with Crippen molar-refractivity contribution in [3.8, 4) is 0 Å². The Balaban J connectivity index is 1.76. The smallest absolute Gasteiger partial charge is 0.330 e. The molecule has 1 fully saturated rings. The van der Waals surface area contributed by atoms with Crippen LogP contribution in [0.15, 0.2) is 30.3 Å². The Bertz CT molecular complexity index is 501. The first-order valence-corrected chi connectivity index (χ1v) is 7.90. The minimum atomic E-state index is -0.312. The number of esters is 1. The average Bonchev–Trinajstić information content (AvgIpc) is 2.97. The third-order valence-electron chi connectivity index (χ3n) is 3.78. The highest BCUT2D eigenvalue weighted by atomic mass is 35.5. The minimum Gasteiger partial charge on any atom is -0.461 e. The van der Waals surface area contributed by atoms with Gasteiger partial charge in [-0.05, 0) is 43.2 Å². The summed E-state index contributed by atoms with van der Waals surface area (Å²) in [6.45, 7) is 3.08. The first-order valence-electron chi connectivity index (χ1n) is 7.52. The van der Waals surface area contributed by atoms with E-state index in [0.29, 0.717) is 24.3 Å². The van der Waals surface area contributed by atoms with Gasteiger partial charge in [0.15, 0.2) is 0 Å². The average molecular weight is 324 g/mol. The SMILES string of the molecule is COCCN1CCCC1COC(=O)C=Cc1ccc(Cl)cc1. The first-order chi connectivity index (χ1) is 10.7. The summed E-state index contributed by atoms with van der Waals surface area (Å²) in [7, 11) is 1.70. The molecule has 120 valence electrons. The molecule has 0 aromatic heterocycles. The highest BCUT2D eigenvalue weighted by Gasteiger charge is 2.24. The molecule has 0 spiro atoms. The Morgan fingerprint density at radius 3 is 2.91 bits per heavy atom. The number of ether oxygens (including phenoxy) is 2. The molecular weight excluding hydrogens is 302 g/mol. The maximum atomic E-state index is 11.8. The van der Waals surface area contributed by atoms with E-state index >= 15 is 0 Å². The van der Waals surface area contributed by atoms with Crippen molar-refractivity contribution in [2.45, 2.75) is 18.9 Å². The molecule has 1 atom stereocenters. The summed E-state index contributed by atoms with van der Waals surface area (Å²) in [6.07, 6.45) is 5.40. The van der Waals surface area contributed by atoms with Gasteiger partial charge in [0.05, 0.1) is 6.61 Å². The number of rotatable bonds is 7. The molecule has 22 heavy (non-hydrogen) atoms. The van der Waals surface area contributed by atoms with E-state index in [1.54, 1.807) is 25.3 Å². The van der Waals surface area contributed by atoms with Crippen LogP contribution in [-0.4, -0.2) is 50.3 Å². The monoisotopic (exact) mass is 323 g/mol. The Hall–Kier alpha value is -1.36. The molecule has 1 heterocycles. The molecule has 5 heteroatoms. The van der Waals surface area contributed by atoms with Gasteiger partial charge in [-0.15, -0.1) is 0 Å². The van der Waals surface area contributed by atoms with E-state index in [2.05, 4.69) is 4.90 Å². The molecule has 0 N–H and O–H groups in total. The Morgan fingerprint density at radius 1 is 1.41 bits per heavy atom. The van der Waals surface area contributed by atoms with Gasteiger partial charge in [-0.25, -0.2) is 4.79 Å². The van der Waals surface area contributed by atoms with E-state index in [1.165, 1.54) is 6.08 Å². The molecule has 1 aromatic rings. The second-order valence-corrected chi connectivity index (χ2v) is 5.78. The Labute approximate surface area is 136 Å². The molecule has 0 saturated carbocycles. The Morgan fingerprint density at radius 2 is 2.18 bits per heavy atom. The van der Waals surface area contributed by atoms with Crippen LogP contribution in [0.25, 0.3) is 6.08 Å². The van der Waals surface area contributed by atoms with Crippen molar-refractivity contribution in [3.63, 3.8) is 0 Å². The van der Waals surface area contributed by atoms with Gasteiger partial charge in [0.2, 0.25) is 0 Å². The lowest BCUT2D eigenvalue weighted by Crippen LogP contribution is -2.36. The largest absolute Gasteiger partial charge is 0.461 e. The number of carbonyl (C=O) groups is 1. The van der Waals surface area contributed by atoms with Crippen molar-refractivity contribution in [2.75, 3.05) is 33.4 Å². The normalized spacial score (nSPS) is 18.9. The molecule has 0 amide bonds. The lowest BCUT2D eigenvalue weighted by atomic mass is 10.2. The summed E-state index contributed by atoms with van der Waals surface area (Å²) in [6, 6.07) is 7.60. The van der Waals surface area contributed by atoms with Crippen LogP contribution in [0, 0.1) is 0 Å². The van der Waals surface area contributed by atoms with Gasteiger partial charge >= 0.3 is 5.97 Å². The van der Waals surface area contributed by atoms with E-state index in [0.717, 1.165) is 31.5 Å². The standard InChI is InChI=1S/C17H22ClNO3/c1-21-12-11-19-10-2-3-16(19)13-22-17(20)9-6-14-4-7-15(18)8-5-14/h4-9,16H,2-3,10-13H2,1H3. The van der Waals surface area contributed by atoms with Crippen LogP contribution in [0.3, 0.4) is 0 Å². The van der Waals surface area contributed by atoms with Crippen molar-refractivity contribution in [3.05, 3.63) is 40.9 Å². The number of benzene rings is 1. The van der Waals surface area contributed by atoms with E-state index in [4.69, 9.17) is 21.1 Å². The molecule has 1 unspecified atom stereocenters. The van der Waals surface area contributed by atoms with E-state index in [1.807, 2.05) is 12.1 Å². The predicted molar refractivity (Wildman–Crippen MR) is 87.9 cm³/mol. The van der Waals surface area contributed by atoms with Gasteiger partial charge in [-0.1, -0.05) is 23.7 Å². The summed E-state index contributed by atoms with van der Waals surface area (Å²) in [5.41, 5.74) is 0.920. The summed E-state index contributed by atoms with van der Waals surface area (Å²) >= 11 is 5.82. The molecule has 1 saturated heterocycles. The maximum Gasteiger partial charge on any atom is 0.330 e. The van der Waals surface area contributed by atoms with Crippen LogP contribution in [0.1, 0.15) is 18.4 Å². The van der Waals surface area contributed by atoms with E-state index in [9.17, 15) is 4.79 Å². The number of likely N-dealkylation sites (tertiary alicyclic amines) is 1. The Kier molecular flexibility index (Phi) is 6.90. The molecule has 1 aromatic carbocycles. The molecular formula is C17H22ClNO3. The third-order valence-corrected chi connectivity index (χ3v) is 4.03. The maximum absolute atomic E-state index is 11.8. The molecule has 1 aliphatic heterocycles. The molecule has 1 aliphatic rings. The summed E-state index contributed by atoms with van der Waals surface area (Å²) < 4.78 is 10.5.